The normalized spacial score (nSPS) is 20.4. The van der Waals surface area contributed by atoms with Crippen LogP contribution in [0.15, 0.2) is 42.5 Å². The Kier molecular flexibility index (Phi) is 3.72. The second-order valence-electron chi connectivity index (χ2n) is 6.17. The molecular weight excluding hydrogens is 336 g/mol. The summed E-state index contributed by atoms with van der Waals surface area (Å²) in [5.41, 5.74) is -0.507. The first-order valence-electron chi connectivity index (χ1n) is 8.34. The van der Waals surface area contributed by atoms with Crippen LogP contribution in [0.25, 0.3) is 0 Å². The van der Waals surface area contributed by atoms with E-state index in [-0.39, 0.29) is 6.79 Å². The minimum atomic E-state index is -1.67. The van der Waals surface area contributed by atoms with Crippen molar-refractivity contribution in [1.82, 2.24) is 0 Å². The topological polar surface area (TPSA) is 77.1 Å². The van der Waals surface area contributed by atoms with Gasteiger partial charge in [0.1, 0.15) is 5.75 Å². The van der Waals surface area contributed by atoms with Crippen LogP contribution in [0.3, 0.4) is 0 Å². The lowest BCUT2D eigenvalue weighted by atomic mass is 9.99. The Morgan fingerprint density at radius 1 is 1.15 bits per heavy atom. The van der Waals surface area contributed by atoms with Crippen LogP contribution >= 0.6 is 0 Å². The molecule has 2 heterocycles. The van der Waals surface area contributed by atoms with Gasteiger partial charge in [0, 0.05) is 18.3 Å². The van der Waals surface area contributed by atoms with Crippen molar-refractivity contribution in [2.45, 2.75) is 19.4 Å². The highest BCUT2D eigenvalue weighted by Crippen LogP contribution is 2.39. The third kappa shape index (κ3) is 2.44. The summed E-state index contributed by atoms with van der Waals surface area (Å²) in [6.45, 7) is 3.92. The molecule has 2 aromatic carbocycles. The minimum absolute atomic E-state index is 0.147. The summed E-state index contributed by atoms with van der Waals surface area (Å²) in [6.07, 6.45) is 0. The summed E-state index contributed by atoms with van der Waals surface area (Å²) in [5.74, 6) is 0.707. The number of amides is 2. The number of carbonyl (C=O) groups is 2. The average molecular weight is 354 g/mol. The van der Waals surface area contributed by atoms with Gasteiger partial charge in [0.05, 0.1) is 5.69 Å². The predicted octanol–water partition coefficient (Wildman–Crippen LogP) is 2.56. The highest BCUT2D eigenvalue weighted by Gasteiger charge is 2.50. The molecule has 7 nitrogen and oxygen atoms in total. The third-order valence-electron chi connectivity index (χ3n) is 4.50. The summed E-state index contributed by atoms with van der Waals surface area (Å²) in [7, 11) is 0. The Morgan fingerprint density at radius 2 is 1.92 bits per heavy atom. The molecule has 0 aromatic heterocycles. The largest absolute Gasteiger partial charge is 0.465 e. The van der Waals surface area contributed by atoms with Gasteiger partial charge in [-0.1, -0.05) is 12.1 Å². The van der Waals surface area contributed by atoms with Crippen molar-refractivity contribution in [3.05, 3.63) is 42.5 Å². The summed E-state index contributed by atoms with van der Waals surface area (Å²) < 4.78 is 16.4. The number of hydrogen-bond donors (Lipinski definition) is 1. The lowest BCUT2D eigenvalue weighted by molar-refractivity contribution is -0.145. The van der Waals surface area contributed by atoms with E-state index in [2.05, 4.69) is 5.32 Å². The van der Waals surface area contributed by atoms with Crippen molar-refractivity contribution >= 4 is 23.2 Å². The van der Waals surface area contributed by atoms with Gasteiger partial charge in [0.25, 0.3) is 17.4 Å². The van der Waals surface area contributed by atoms with Crippen LogP contribution < -0.4 is 24.4 Å². The van der Waals surface area contributed by atoms with Gasteiger partial charge in [-0.15, -0.1) is 0 Å². The molecule has 2 aliphatic heterocycles. The number of para-hydroxylation sites is 2. The average Bonchev–Trinajstić information content (AvgIpc) is 3.10. The minimum Gasteiger partial charge on any atom is -0.465 e. The number of benzene rings is 2. The zero-order valence-electron chi connectivity index (χ0n) is 14.4. The Bertz CT molecular complexity index is 897. The number of fused-ring (bicyclic) bond motifs is 2. The molecule has 134 valence electrons. The molecule has 0 bridgehead atoms. The summed E-state index contributed by atoms with van der Waals surface area (Å²) in [4.78, 5) is 27.4. The Hall–Kier alpha value is -3.22. The zero-order chi connectivity index (χ0) is 18.3. The van der Waals surface area contributed by atoms with Gasteiger partial charge < -0.3 is 24.4 Å². The second kappa shape index (κ2) is 5.94. The van der Waals surface area contributed by atoms with Crippen LogP contribution in [-0.2, 0) is 9.59 Å². The van der Waals surface area contributed by atoms with Crippen molar-refractivity contribution in [1.29, 1.82) is 0 Å². The Balaban J connectivity index is 1.63. The number of carbonyl (C=O) groups excluding carboxylic acids is 2. The molecule has 1 unspecified atom stereocenters. The van der Waals surface area contributed by atoms with Gasteiger partial charge in [-0.3, -0.25) is 9.59 Å². The fraction of sp³-hybridized carbons (Fsp3) is 0.263. The Morgan fingerprint density at radius 3 is 2.73 bits per heavy atom. The standard InChI is InChI=1S/C19H18N2O5/c1-3-21-13-6-4-5-7-14(13)26-19(2,18(21)23)17(22)20-12-8-9-15-16(10-12)25-11-24-15/h4-10H,3,11H2,1-2H3,(H,20,22). The molecule has 7 heteroatoms. The van der Waals surface area contributed by atoms with Crippen LogP contribution in [0.5, 0.6) is 17.2 Å². The maximum absolute atomic E-state index is 13.0. The molecule has 2 aliphatic rings. The van der Waals surface area contributed by atoms with Gasteiger partial charge in [0.15, 0.2) is 11.5 Å². The first-order chi connectivity index (χ1) is 12.5. The number of anilines is 2. The van der Waals surface area contributed by atoms with E-state index in [1.54, 1.807) is 41.3 Å². The molecule has 0 saturated carbocycles. The molecule has 0 saturated heterocycles. The van der Waals surface area contributed by atoms with Crippen LogP contribution in [-0.4, -0.2) is 30.8 Å². The molecular formula is C19H18N2O5. The molecule has 2 amide bonds. The summed E-state index contributed by atoms with van der Waals surface area (Å²) in [6, 6.07) is 12.2. The van der Waals surface area contributed by atoms with E-state index in [4.69, 9.17) is 14.2 Å². The SMILES string of the molecule is CCN1C(=O)C(C)(C(=O)Nc2ccc3c(c2)OCO3)Oc2ccccc21. The predicted molar refractivity (Wildman–Crippen MR) is 94.7 cm³/mol. The van der Waals surface area contributed by atoms with E-state index in [0.717, 1.165) is 0 Å². The number of likely N-dealkylation sites (N-methyl/N-ethyl adjacent to an activating group) is 1. The van der Waals surface area contributed by atoms with Gasteiger partial charge in [-0.2, -0.15) is 0 Å². The number of nitrogens with one attached hydrogen (secondary N) is 1. The zero-order valence-corrected chi connectivity index (χ0v) is 14.4. The molecule has 0 spiro atoms. The lowest BCUT2D eigenvalue weighted by Gasteiger charge is -2.39. The fourth-order valence-corrected chi connectivity index (χ4v) is 3.08. The highest BCUT2D eigenvalue weighted by atomic mass is 16.7. The van der Waals surface area contributed by atoms with Crippen molar-refractivity contribution in [2.75, 3.05) is 23.6 Å². The Labute approximate surface area is 150 Å². The van der Waals surface area contributed by atoms with Crippen molar-refractivity contribution < 1.29 is 23.8 Å². The van der Waals surface area contributed by atoms with E-state index in [1.165, 1.54) is 6.92 Å². The van der Waals surface area contributed by atoms with E-state index < -0.39 is 17.4 Å². The van der Waals surface area contributed by atoms with Gasteiger partial charge in [-0.25, -0.2) is 0 Å². The molecule has 0 aliphatic carbocycles. The van der Waals surface area contributed by atoms with Gasteiger partial charge in [-0.05, 0) is 38.1 Å². The molecule has 2 aromatic rings. The van der Waals surface area contributed by atoms with Crippen LogP contribution in [0.1, 0.15) is 13.8 Å². The molecule has 4 rings (SSSR count). The van der Waals surface area contributed by atoms with Crippen molar-refractivity contribution in [3.63, 3.8) is 0 Å². The quantitative estimate of drug-likeness (QED) is 0.857. The van der Waals surface area contributed by atoms with Crippen molar-refractivity contribution in [2.24, 2.45) is 0 Å². The number of rotatable bonds is 3. The van der Waals surface area contributed by atoms with Gasteiger partial charge in [0.2, 0.25) is 6.79 Å². The molecule has 0 fully saturated rings. The fourth-order valence-electron chi connectivity index (χ4n) is 3.08. The number of ether oxygens (including phenoxy) is 3. The summed E-state index contributed by atoms with van der Waals surface area (Å²) in [5, 5.41) is 2.74. The molecule has 26 heavy (non-hydrogen) atoms. The van der Waals surface area contributed by atoms with E-state index in [9.17, 15) is 9.59 Å². The maximum atomic E-state index is 13.0. The third-order valence-corrected chi connectivity index (χ3v) is 4.50. The van der Waals surface area contributed by atoms with Crippen LogP contribution in [0.4, 0.5) is 11.4 Å². The molecule has 1 N–H and O–H groups in total. The van der Waals surface area contributed by atoms with Crippen molar-refractivity contribution in [3.8, 4) is 17.2 Å². The molecule has 1 atom stereocenters. The maximum Gasteiger partial charge on any atom is 0.280 e. The smallest absolute Gasteiger partial charge is 0.280 e. The first-order valence-corrected chi connectivity index (χ1v) is 8.34. The van der Waals surface area contributed by atoms with Crippen LogP contribution in [0, 0.1) is 0 Å². The van der Waals surface area contributed by atoms with Gasteiger partial charge >= 0.3 is 0 Å². The lowest BCUT2D eigenvalue weighted by Crippen LogP contribution is -2.60. The summed E-state index contributed by atoms with van der Waals surface area (Å²) >= 11 is 0. The van der Waals surface area contributed by atoms with E-state index in [1.807, 2.05) is 13.0 Å². The monoisotopic (exact) mass is 354 g/mol. The second-order valence-corrected chi connectivity index (χ2v) is 6.17. The molecule has 0 radical (unpaired) electrons. The number of nitrogens with zero attached hydrogens (tertiary/aromatic N) is 1. The van der Waals surface area contributed by atoms with Crippen LogP contribution in [0.2, 0.25) is 0 Å². The van der Waals surface area contributed by atoms with E-state index >= 15 is 0 Å². The number of hydrogen-bond acceptors (Lipinski definition) is 5. The van der Waals surface area contributed by atoms with E-state index in [0.29, 0.717) is 35.2 Å². The highest BCUT2D eigenvalue weighted by molar-refractivity contribution is 6.19. The first kappa shape index (κ1) is 16.3.